The van der Waals surface area contributed by atoms with E-state index in [2.05, 4.69) is 0 Å². The van der Waals surface area contributed by atoms with Gasteiger partial charge in [0.15, 0.2) is 0 Å². The first kappa shape index (κ1) is 28.3. The maximum Gasteiger partial charge on any atom is 1.00 e. The van der Waals surface area contributed by atoms with E-state index in [1.54, 1.807) is 0 Å². The van der Waals surface area contributed by atoms with E-state index >= 15 is 0 Å². The molecule has 0 fully saturated rings. The summed E-state index contributed by atoms with van der Waals surface area (Å²) in [5.41, 5.74) is 0.949. The van der Waals surface area contributed by atoms with Gasteiger partial charge in [-0.05, 0) is 43.1 Å². The van der Waals surface area contributed by atoms with Crippen LogP contribution in [0, 0.1) is 23.7 Å². The Bertz CT molecular complexity index is 662. The molecular formula is C23H35NaO7. The van der Waals surface area contributed by atoms with Gasteiger partial charge in [0.1, 0.15) is 6.10 Å². The number of aliphatic hydroxyl groups excluding tert-OH is 3. The van der Waals surface area contributed by atoms with Crippen molar-refractivity contribution in [2.24, 2.45) is 23.7 Å². The molecule has 31 heavy (non-hydrogen) atoms. The molecule has 170 valence electrons. The van der Waals surface area contributed by atoms with Crippen LogP contribution in [0.25, 0.3) is 0 Å². The Morgan fingerprint density at radius 1 is 1.29 bits per heavy atom. The summed E-state index contributed by atoms with van der Waals surface area (Å²) in [5, 5.41) is 41.1. The minimum Gasteiger partial charge on any atom is -0.550 e. The maximum atomic E-state index is 12.4. The zero-order valence-corrected chi connectivity index (χ0v) is 21.1. The van der Waals surface area contributed by atoms with Gasteiger partial charge in [-0.15, -0.1) is 0 Å². The van der Waals surface area contributed by atoms with E-state index in [1.807, 2.05) is 39.0 Å². The minimum absolute atomic E-state index is 0. The number of carbonyl (C=O) groups is 2. The van der Waals surface area contributed by atoms with Gasteiger partial charge in [0.25, 0.3) is 0 Å². The molecule has 2 aliphatic carbocycles. The Hall–Kier alpha value is -0.700. The minimum atomic E-state index is -1.35. The van der Waals surface area contributed by atoms with E-state index in [0.717, 1.165) is 5.57 Å². The molecule has 0 saturated carbocycles. The van der Waals surface area contributed by atoms with Crippen molar-refractivity contribution in [2.45, 2.75) is 83.7 Å². The van der Waals surface area contributed by atoms with Gasteiger partial charge in [0.05, 0.1) is 24.2 Å². The second-order valence-electron chi connectivity index (χ2n) is 8.83. The summed E-state index contributed by atoms with van der Waals surface area (Å²) in [6, 6.07) is 0. The number of rotatable bonds is 10. The van der Waals surface area contributed by atoms with Gasteiger partial charge < -0.3 is 30.0 Å². The fourth-order valence-electron chi connectivity index (χ4n) is 4.52. The van der Waals surface area contributed by atoms with Crippen molar-refractivity contribution >= 4 is 11.9 Å². The van der Waals surface area contributed by atoms with Crippen LogP contribution in [0.15, 0.2) is 23.8 Å². The van der Waals surface area contributed by atoms with Crippen LogP contribution in [0.1, 0.15) is 59.3 Å². The number of hydrogen-bond acceptors (Lipinski definition) is 7. The standard InChI is InChI=1S/C23H36O7.Na/c1-4-13(2)23(29)30-20-7-5-6-15-10-19(26)14(3)18(22(15)20)9-8-16(24)11-17(25)12-21(27)28;/h5-6,10,13-14,16-20,22,24-26H,4,7-9,11-12H2,1-3H3,(H,27,28);/q;+1/p-1/t13-,14+,16+,17+,18-,19-,20-,22-;/m0./s1. The van der Waals surface area contributed by atoms with Crippen molar-refractivity contribution in [1.29, 1.82) is 0 Å². The molecule has 0 radical (unpaired) electrons. The Morgan fingerprint density at radius 2 is 1.97 bits per heavy atom. The Morgan fingerprint density at radius 3 is 2.58 bits per heavy atom. The SMILES string of the molecule is CC[C@H](C)C(=O)O[C@H]1CC=CC2=C[C@H](O)[C@H](C)[C@H](CC[C@@H](O)C[C@@H](O)CC(=O)[O-])[C@H]21.[Na+]. The largest absolute Gasteiger partial charge is 1.00 e. The van der Waals surface area contributed by atoms with Crippen LogP contribution in [-0.2, 0) is 14.3 Å². The number of ether oxygens (including phenoxy) is 1. The molecule has 0 aliphatic heterocycles. The van der Waals surface area contributed by atoms with E-state index in [1.165, 1.54) is 0 Å². The predicted molar refractivity (Wildman–Crippen MR) is 109 cm³/mol. The van der Waals surface area contributed by atoms with Crippen molar-refractivity contribution in [3.05, 3.63) is 23.8 Å². The molecule has 2 aliphatic rings. The molecule has 8 heteroatoms. The number of carbonyl (C=O) groups excluding carboxylic acids is 2. The van der Waals surface area contributed by atoms with Crippen LogP contribution in [0.2, 0.25) is 0 Å². The van der Waals surface area contributed by atoms with Gasteiger partial charge in [0, 0.05) is 24.7 Å². The summed E-state index contributed by atoms with van der Waals surface area (Å²) < 4.78 is 5.86. The van der Waals surface area contributed by atoms with Gasteiger partial charge in [-0.25, -0.2) is 0 Å². The van der Waals surface area contributed by atoms with E-state index in [0.29, 0.717) is 25.7 Å². The van der Waals surface area contributed by atoms with Gasteiger partial charge >= 0.3 is 35.5 Å². The van der Waals surface area contributed by atoms with Crippen molar-refractivity contribution in [2.75, 3.05) is 0 Å². The van der Waals surface area contributed by atoms with Crippen LogP contribution in [-0.4, -0.2) is 51.7 Å². The monoisotopic (exact) mass is 446 g/mol. The van der Waals surface area contributed by atoms with Crippen LogP contribution >= 0.6 is 0 Å². The Kier molecular flexibility index (Phi) is 12.0. The van der Waals surface area contributed by atoms with E-state index in [-0.39, 0.29) is 71.7 Å². The first-order valence-electron chi connectivity index (χ1n) is 11.0. The molecule has 0 saturated heterocycles. The first-order valence-corrected chi connectivity index (χ1v) is 11.0. The summed E-state index contributed by atoms with van der Waals surface area (Å²) >= 11 is 0. The summed E-state index contributed by atoms with van der Waals surface area (Å²) in [4.78, 5) is 23.0. The summed E-state index contributed by atoms with van der Waals surface area (Å²) in [6.07, 6.45) is 4.46. The van der Waals surface area contributed by atoms with Gasteiger partial charge in [-0.1, -0.05) is 39.0 Å². The molecule has 0 unspecified atom stereocenters. The summed E-state index contributed by atoms with van der Waals surface area (Å²) in [5.74, 6) is -1.93. The molecule has 3 N–H and O–H groups in total. The van der Waals surface area contributed by atoms with E-state index < -0.39 is 30.7 Å². The average Bonchev–Trinajstić information content (AvgIpc) is 2.67. The van der Waals surface area contributed by atoms with Gasteiger partial charge in [-0.2, -0.15) is 0 Å². The number of allylic oxidation sites excluding steroid dienone is 1. The zero-order chi connectivity index (χ0) is 22.4. The number of carboxylic acids is 1. The zero-order valence-electron chi connectivity index (χ0n) is 19.1. The van der Waals surface area contributed by atoms with Crippen LogP contribution in [0.5, 0.6) is 0 Å². The molecular weight excluding hydrogens is 411 g/mol. The second-order valence-corrected chi connectivity index (χ2v) is 8.83. The third kappa shape index (κ3) is 7.98. The molecule has 8 atom stereocenters. The average molecular weight is 447 g/mol. The first-order chi connectivity index (χ1) is 14.1. The second kappa shape index (κ2) is 13.1. The van der Waals surface area contributed by atoms with Crippen molar-refractivity contribution in [3.63, 3.8) is 0 Å². The number of carboxylic acid groups (broad SMARTS) is 1. The number of aliphatic carboxylic acids is 1. The van der Waals surface area contributed by atoms with Crippen molar-refractivity contribution in [1.82, 2.24) is 0 Å². The molecule has 0 spiro atoms. The van der Waals surface area contributed by atoms with Gasteiger partial charge in [-0.3, -0.25) is 4.79 Å². The van der Waals surface area contributed by atoms with Crippen LogP contribution in [0.3, 0.4) is 0 Å². The Balaban J connectivity index is 0.00000480. The van der Waals surface area contributed by atoms with Crippen LogP contribution < -0.4 is 34.7 Å². The third-order valence-electron chi connectivity index (χ3n) is 6.56. The normalized spacial score (nSPS) is 30.3. The maximum absolute atomic E-state index is 12.4. The number of hydrogen-bond donors (Lipinski definition) is 3. The smallest absolute Gasteiger partial charge is 0.550 e. The van der Waals surface area contributed by atoms with Crippen LogP contribution in [0.4, 0.5) is 0 Å². The predicted octanol–water partition coefficient (Wildman–Crippen LogP) is -1.89. The molecule has 2 rings (SSSR count). The van der Waals surface area contributed by atoms with Gasteiger partial charge in [0.2, 0.25) is 0 Å². The third-order valence-corrected chi connectivity index (χ3v) is 6.56. The summed E-state index contributed by atoms with van der Waals surface area (Å²) in [7, 11) is 0. The molecule has 0 aromatic rings. The fraction of sp³-hybridized carbons (Fsp3) is 0.739. The number of fused-ring (bicyclic) bond motifs is 1. The topological polar surface area (TPSA) is 127 Å². The van der Waals surface area contributed by atoms with Crippen molar-refractivity contribution < 1.29 is 64.3 Å². The van der Waals surface area contributed by atoms with E-state index in [4.69, 9.17) is 4.74 Å². The van der Waals surface area contributed by atoms with E-state index in [9.17, 15) is 30.0 Å². The summed E-state index contributed by atoms with van der Waals surface area (Å²) in [6.45, 7) is 5.73. The molecule has 0 aromatic carbocycles. The van der Waals surface area contributed by atoms with Crippen molar-refractivity contribution in [3.8, 4) is 0 Å². The Labute approximate surface area is 206 Å². The number of esters is 1. The fourth-order valence-corrected chi connectivity index (χ4v) is 4.52. The molecule has 0 amide bonds. The molecule has 0 bridgehead atoms. The molecule has 0 aromatic heterocycles. The quantitative estimate of drug-likeness (QED) is 0.265. The molecule has 7 nitrogen and oxygen atoms in total. The number of aliphatic hydroxyl groups is 3. The molecule has 0 heterocycles.